The fourth-order valence-corrected chi connectivity index (χ4v) is 2.81. The molecule has 0 atom stereocenters. The minimum atomic E-state index is -0.384. The number of cyclic esters (lactones) is 1. The van der Waals surface area contributed by atoms with Crippen molar-refractivity contribution in [2.75, 3.05) is 28.7 Å². The molecule has 1 fully saturated rings. The summed E-state index contributed by atoms with van der Waals surface area (Å²) in [5, 5.41) is 5.91. The fraction of sp³-hybridized carbons (Fsp3) is 0.100. The number of carbonyl (C=O) groups excluding carboxylic acids is 2. The Bertz CT molecular complexity index is 1010. The van der Waals surface area contributed by atoms with Crippen LogP contribution in [-0.2, 0) is 4.74 Å². The van der Waals surface area contributed by atoms with Crippen molar-refractivity contribution in [3.8, 4) is 0 Å². The van der Waals surface area contributed by atoms with E-state index in [2.05, 4.69) is 20.6 Å². The van der Waals surface area contributed by atoms with Crippen LogP contribution < -0.4 is 15.5 Å². The molecule has 2 amide bonds. The molecule has 2 N–H and O–H groups in total. The van der Waals surface area contributed by atoms with Crippen LogP contribution in [0.3, 0.4) is 0 Å². The molecular formula is C20H17N5O3. The highest BCUT2D eigenvalue weighted by atomic mass is 16.6. The number of hydrogen-bond donors (Lipinski definition) is 2. The van der Waals surface area contributed by atoms with Gasteiger partial charge in [0.25, 0.3) is 5.91 Å². The van der Waals surface area contributed by atoms with E-state index in [1.54, 1.807) is 60.9 Å². The van der Waals surface area contributed by atoms with E-state index in [-0.39, 0.29) is 12.0 Å². The molecule has 0 radical (unpaired) electrons. The molecule has 1 saturated heterocycles. The Labute approximate surface area is 161 Å². The van der Waals surface area contributed by atoms with Gasteiger partial charge in [-0.05, 0) is 42.5 Å². The summed E-state index contributed by atoms with van der Waals surface area (Å²) in [6.07, 6.45) is 2.88. The van der Waals surface area contributed by atoms with Gasteiger partial charge in [0.05, 0.1) is 6.54 Å². The molecule has 0 bridgehead atoms. The van der Waals surface area contributed by atoms with Crippen molar-refractivity contribution < 1.29 is 14.3 Å². The summed E-state index contributed by atoms with van der Waals surface area (Å²) in [6.45, 7) is 0.853. The molecule has 0 saturated carbocycles. The first kappa shape index (κ1) is 17.5. The van der Waals surface area contributed by atoms with E-state index < -0.39 is 0 Å². The lowest BCUT2D eigenvalue weighted by atomic mass is 10.1. The number of hydrogen-bond acceptors (Lipinski definition) is 6. The molecule has 8 heteroatoms. The normalized spacial score (nSPS) is 13.1. The summed E-state index contributed by atoms with van der Waals surface area (Å²) in [5.74, 6) is 0.184. The van der Waals surface area contributed by atoms with Gasteiger partial charge in [0, 0.05) is 35.0 Å². The van der Waals surface area contributed by atoms with Crippen LogP contribution in [-0.4, -0.2) is 35.1 Å². The molecule has 2 aromatic carbocycles. The lowest BCUT2D eigenvalue weighted by molar-refractivity contribution is 0.102. The van der Waals surface area contributed by atoms with Crippen molar-refractivity contribution in [2.24, 2.45) is 0 Å². The number of nitrogens with zero attached hydrogens (tertiary/aromatic N) is 3. The largest absolute Gasteiger partial charge is 0.447 e. The number of rotatable bonds is 5. The number of amides is 2. The van der Waals surface area contributed by atoms with E-state index in [0.717, 1.165) is 0 Å². The number of aromatic nitrogens is 2. The van der Waals surface area contributed by atoms with Crippen molar-refractivity contribution in [3.05, 3.63) is 72.6 Å². The molecule has 2 heterocycles. The average Bonchev–Trinajstić information content (AvgIpc) is 3.15. The van der Waals surface area contributed by atoms with E-state index in [9.17, 15) is 9.59 Å². The Kier molecular flexibility index (Phi) is 4.83. The highest BCUT2D eigenvalue weighted by Crippen LogP contribution is 2.23. The van der Waals surface area contributed by atoms with Crippen molar-refractivity contribution in [2.45, 2.75) is 0 Å². The SMILES string of the molecule is O=C(Nc1cccc(N2CCOC2=O)c1)c1cccc(Nc2ncccn2)c1. The smallest absolute Gasteiger partial charge is 0.414 e. The van der Waals surface area contributed by atoms with Crippen molar-refractivity contribution in [3.63, 3.8) is 0 Å². The molecule has 1 aliphatic heterocycles. The molecule has 0 unspecified atom stereocenters. The molecule has 3 aromatic rings. The zero-order valence-corrected chi connectivity index (χ0v) is 14.8. The second kappa shape index (κ2) is 7.75. The van der Waals surface area contributed by atoms with Crippen LogP contribution >= 0.6 is 0 Å². The quantitative estimate of drug-likeness (QED) is 0.709. The number of anilines is 4. The lowest BCUT2D eigenvalue weighted by Gasteiger charge is -2.14. The predicted molar refractivity (Wildman–Crippen MR) is 105 cm³/mol. The van der Waals surface area contributed by atoms with Crippen LogP contribution in [0.5, 0.6) is 0 Å². The monoisotopic (exact) mass is 375 g/mol. The molecule has 0 spiro atoms. The maximum atomic E-state index is 12.6. The average molecular weight is 375 g/mol. The molecule has 0 aliphatic carbocycles. The first-order chi connectivity index (χ1) is 13.7. The Hall–Kier alpha value is -3.94. The standard InChI is InChI=1S/C20H17N5O3/c26-18(14-4-1-5-15(12-14)24-19-21-8-3-9-22-19)23-16-6-2-7-17(13-16)25-10-11-28-20(25)27/h1-9,12-13H,10-11H2,(H,23,26)(H,21,22,24). The van der Waals surface area contributed by atoms with Crippen LogP contribution in [0.25, 0.3) is 0 Å². The van der Waals surface area contributed by atoms with E-state index in [1.165, 1.54) is 4.90 Å². The minimum absolute atomic E-state index is 0.265. The van der Waals surface area contributed by atoms with Gasteiger partial charge in [-0.25, -0.2) is 14.8 Å². The summed E-state index contributed by atoms with van der Waals surface area (Å²) in [5.41, 5.74) is 2.45. The Morgan fingerprint density at radius 1 is 1.00 bits per heavy atom. The predicted octanol–water partition coefficient (Wildman–Crippen LogP) is 3.43. The van der Waals surface area contributed by atoms with Crippen LogP contribution in [0.15, 0.2) is 67.0 Å². The first-order valence-electron chi connectivity index (χ1n) is 8.69. The lowest BCUT2D eigenvalue weighted by Crippen LogP contribution is -2.23. The van der Waals surface area contributed by atoms with E-state index in [4.69, 9.17) is 4.74 Å². The first-order valence-corrected chi connectivity index (χ1v) is 8.69. The van der Waals surface area contributed by atoms with E-state index in [1.807, 2.05) is 6.07 Å². The van der Waals surface area contributed by atoms with Gasteiger partial charge in [0.15, 0.2) is 0 Å². The third-order valence-electron chi connectivity index (χ3n) is 4.12. The minimum Gasteiger partial charge on any atom is -0.447 e. The summed E-state index contributed by atoms with van der Waals surface area (Å²) in [6, 6.07) is 15.8. The zero-order valence-electron chi connectivity index (χ0n) is 14.8. The highest BCUT2D eigenvalue weighted by Gasteiger charge is 2.23. The summed E-state index contributed by atoms with van der Waals surface area (Å²) in [7, 11) is 0. The number of nitrogens with one attached hydrogen (secondary N) is 2. The number of ether oxygens (including phenoxy) is 1. The Morgan fingerprint density at radius 3 is 2.57 bits per heavy atom. The molecule has 140 valence electrons. The topological polar surface area (TPSA) is 96.5 Å². The van der Waals surface area contributed by atoms with Crippen molar-refractivity contribution in [1.82, 2.24) is 9.97 Å². The van der Waals surface area contributed by atoms with Gasteiger partial charge in [-0.2, -0.15) is 0 Å². The van der Waals surface area contributed by atoms with Crippen LogP contribution in [0.1, 0.15) is 10.4 Å². The van der Waals surface area contributed by atoms with Crippen molar-refractivity contribution >= 4 is 35.0 Å². The molecule has 1 aromatic heterocycles. The number of benzene rings is 2. The Morgan fingerprint density at radius 2 is 1.79 bits per heavy atom. The van der Waals surface area contributed by atoms with Gasteiger partial charge < -0.3 is 15.4 Å². The molecule has 1 aliphatic rings. The van der Waals surface area contributed by atoms with Gasteiger partial charge >= 0.3 is 6.09 Å². The van der Waals surface area contributed by atoms with Gasteiger partial charge in [-0.15, -0.1) is 0 Å². The van der Waals surface area contributed by atoms with Crippen LogP contribution in [0.2, 0.25) is 0 Å². The molecule has 28 heavy (non-hydrogen) atoms. The highest BCUT2D eigenvalue weighted by molar-refractivity contribution is 6.05. The van der Waals surface area contributed by atoms with Crippen molar-refractivity contribution in [1.29, 1.82) is 0 Å². The van der Waals surface area contributed by atoms with E-state index in [0.29, 0.717) is 41.7 Å². The molecular weight excluding hydrogens is 358 g/mol. The van der Waals surface area contributed by atoms with E-state index >= 15 is 0 Å². The van der Waals surface area contributed by atoms with Crippen LogP contribution in [0.4, 0.5) is 27.8 Å². The Balaban J connectivity index is 1.48. The number of carbonyl (C=O) groups is 2. The fourth-order valence-electron chi connectivity index (χ4n) is 2.81. The van der Waals surface area contributed by atoms with Gasteiger partial charge in [-0.1, -0.05) is 12.1 Å². The van der Waals surface area contributed by atoms with Gasteiger partial charge in [0.1, 0.15) is 6.61 Å². The third-order valence-corrected chi connectivity index (χ3v) is 4.12. The van der Waals surface area contributed by atoms with Gasteiger partial charge in [-0.3, -0.25) is 9.69 Å². The van der Waals surface area contributed by atoms with Gasteiger partial charge in [0.2, 0.25) is 5.95 Å². The maximum Gasteiger partial charge on any atom is 0.414 e. The van der Waals surface area contributed by atoms with Crippen LogP contribution in [0, 0.1) is 0 Å². The second-order valence-electron chi connectivity index (χ2n) is 6.05. The molecule has 8 nitrogen and oxygen atoms in total. The summed E-state index contributed by atoms with van der Waals surface area (Å²) in [4.78, 5) is 34.1. The maximum absolute atomic E-state index is 12.6. The zero-order chi connectivity index (χ0) is 19.3. The summed E-state index contributed by atoms with van der Waals surface area (Å²) >= 11 is 0. The third kappa shape index (κ3) is 3.90. The molecule has 4 rings (SSSR count). The summed E-state index contributed by atoms with van der Waals surface area (Å²) < 4.78 is 4.95. The second-order valence-corrected chi connectivity index (χ2v) is 6.05.